The number of rotatable bonds is 24. The standard InChI is InChI=1S/2C30H30N10.2BF4.Fe/c2*1-4-10-25(11-5-1)16-38-22-28(31-34-38)19-37(20-29-23-39(35-32-29)17-26-12-6-2-7-13-26)21-30-24-40(36-33-30)18-27-14-8-3-9-15-27;2*2-1(3,4)5;/h2*1-15,22-24H,16-21H2;;;/q;;2*-1;+4. The molecule has 0 aliphatic heterocycles. The van der Waals surface area contributed by atoms with Crippen molar-refractivity contribution in [2.24, 2.45) is 0 Å². The third-order valence-electron chi connectivity index (χ3n) is 13.0. The molecule has 0 aliphatic carbocycles. The summed E-state index contributed by atoms with van der Waals surface area (Å²) < 4.78 is 89.2. The largest absolute Gasteiger partial charge is 4.00 e. The second kappa shape index (κ2) is 33.7. The number of nitrogens with zero attached hydrogens (tertiary/aromatic N) is 20. The molecule has 0 amide bonds. The van der Waals surface area contributed by atoms with Gasteiger partial charge in [-0.25, -0.2) is 28.1 Å². The van der Waals surface area contributed by atoms with E-state index >= 15 is 0 Å². The molecule has 0 radical (unpaired) electrons. The van der Waals surface area contributed by atoms with Crippen LogP contribution in [0, 0.1) is 0 Å². The molecule has 0 N–H and O–H groups in total. The summed E-state index contributed by atoms with van der Waals surface area (Å²) >= 11 is 0. The average Bonchev–Trinajstić information content (AvgIpc) is 2.76. The van der Waals surface area contributed by atoms with Crippen molar-refractivity contribution in [2.45, 2.75) is 78.5 Å². The van der Waals surface area contributed by atoms with Gasteiger partial charge in [0.2, 0.25) is 0 Å². The predicted molar refractivity (Wildman–Crippen MR) is 320 cm³/mol. The van der Waals surface area contributed by atoms with Gasteiger partial charge in [-0.1, -0.05) is 213 Å². The molecule has 6 aromatic carbocycles. The van der Waals surface area contributed by atoms with Crippen LogP contribution in [-0.4, -0.2) is 114 Å². The fourth-order valence-electron chi connectivity index (χ4n) is 9.26. The van der Waals surface area contributed by atoms with E-state index in [4.69, 9.17) is 0 Å². The summed E-state index contributed by atoms with van der Waals surface area (Å²) in [5, 5.41) is 52.8. The van der Waals surface area contributed by atoms with Gasteiger partial charge in [0.25, 0.3) is 0 Å². The molecular weight excluding hydrogens is 1230 g/mol. The van der Waals surface area contributed by atoms with E-state index in [1.807, 2.05) is 174 Å². The third kappa shape index (κ3) is 24.9. The molecule has 31 heteroatoms. The van der Waals surface area contributed by atoms with Gasteiger partial charge in [-0.3, -0.25) is 9.80 Å². The molecule has 0 bridgehead atoms. The van der Waals surface area contributed by atoms with Crippen LogP contribution in [0.15, 0.2) is 219 Å². The predicted octanol–water partition coefficient (Wildman–Crippen LogP) is 10.2. The Morgan fingerprint density at radius 3 is 0.505 bits per heavy atom. The fraction of sp³-hybridized carbons (Fsp3) is 0.200. The normalized spacial score (nSPS) is 11.3. The maximum atomic E-state index is 9.75. The van der Waals surface area contributed by atoms with Crippen molar-refractivity contribution in [1.29, 1.82) is 0 Å². The molecule has 12 aromatic rings. The Bertz CT molecular complexity index is 3310. The van der Waals surface area contributed by atoms with Gasteiger partial charge in [0, 0.05) is 39.3 Å². The minimum Gasteiger partial charge on any atom is -0.418 e. The van der Waals surface area contributed by atoms with Gasteiger partial charge in [-0.2, -0.15) is 0 Å². The van der Waals surface area contributed by atoms with Crippen LogP contribution in [0.2, 0.25) is 0 Å². The molecule has 0 fully saturated rings. The van der Waals surface area contributed by atoms with Crippen LogP contribution >= 0.6 is 0 Å². The Morgan fingerprint density at radius 1 is 0.242 bits per heavy atom. The molecular formula is C60H60B2F8FeN20+2. The first-order valence-corrected chi connectivity index (χ1v) is 28.3. The number of benzene rings is 6. The fourth-order valence-corrected chi connectivity index (χ4v) is 9.26. The van der Waals surface area contributed by atoms with E-state index in [9.17, 15) is 34.5 Å². The summed E-state index contributed by atoms with van der Waals surface area (Å²) in [5.74, 6) is 0. The van der Waals surface area contributed by atoms with Gasteiger partial charge < -0.3 is 34.5 Å². The molecule has 91 heavy (non-hydrogen) atoms. The minimum absolute atomic E-state index is 0. The Kier molecular flexibility index (Phi) is 24.8. The zero-order valence-electron chi connectivity index (χ0n) is 48.7. The van der Waals surface area contributed by atoms with Crippen LogP contribution in [0.1, 0.15) is 67.5 Å². The van der Waals surface area contributed by atoms with Crippen molar-refractivity contribution in [3.8, 4) is 0 Å². The number of halogens is 8. The zero-order valence-corrected chi connectivity index (χ0v) is 49.9. The van der Waals surface area contributed by atoms with E-state index < -0.39 is 14.5 Å². The van der Waals surface area contributed by atoms with Crippen molar-refractivity contribution in [2.75, 3.05) is 0 Å². The molecule has 0 saturated carbocycles. The van der Waals surface area contributed by atoms with E-state index in [0.717, 1.165) is 34.2 Å². The Balaban J connectivity index is 0.000000202. The first-order valence-electron chi connectivity index (χ1n) is 28.3. The van der Waals surface area contributed by atoms with E-state index in [-0.39, 0.29) is 17.1 Å². The Morgan fingerprint density at radius 2 is 0.374 bits per heavy atom. The molecule has 6 aromatic heterocycles. The topological polar surface area (TPSA) is 191 Å². The number of hydrogen-bond donors (Lipinski definition) is 0. The van der Waals surface area contributed by atoms with Crippen molar-refractivity contribution in [3.05, 3.63) is 287 Å². The molecule has 12 rings (SSSR count). The van der Waals surface area contributed by atoms with Gasteiger partial charge in [-0.05, 0) is 33.4 Å². The van der Waals surface area contributed by atoms with Gasteiger partial charge in [0.1, 0.15) is 0 Å². The third-order valence-corrected chi connectivity index (χ3v) is 13.0. The monoisotopic (exact) mass is 1290 g/mol. The molecule has 0 atom stereocenters. The van der Waals surface area contributed by atoms with Crippen LogP contribution in [0.25, 0.3) is 0 Å². The molecule has 20 nitrogen and oxygen atoms in total. The quantitative estimate of drug-likeness (QED) is 0.0410. The minimum atomic E-state index is -6.00. The molecule has 0 saturated heterocycles. The van der Waals surface area contributed by atoms with Crippen LogP contribution in [-0.2, 0) is 95.6 Å². The smallest absolute Gasteiger partial charge is 0.418 e. The van der Waals surface area contributed by atoms with E-state index in [1.54, 1.807) is 0 Å². The van der Waals surface area contributed by atoms with Gasteiger partial charge >= 0.3 is 31.6 Å². The molecule has 6 heterocycles. The first kappa shape index (κ1) is 67.1. The summed E-state index contributed by atoms with van der Waals surface area (Å²) in [7, 11) is -12.0. The van der Waals surface area contributed by atoms with Crippen molar-refractivity contribution < 1.29 is 51.6 Å². The van der Waals surface area contributed by atoms with Gasteiger partial charge in [-0.15, -0.1) is 30.6 Å². The van der Waals surface area contributed by atoms with Gasteiger partial charge in [0.05, 0.1) is 111 Å². The first-order chi connectivity index (χ1) is 43.5. The van der Waals surface area contributed by atoms with Gasteiger partial charge in [0.15, 0.2) is 0 Å². The Labute approximate surface area is 528 Å². The molecule has 468 valence electrons. The van der Waals surface area contributed by atoms with Crippen LogP contribution in [0.5, 0.6) is 0 Å². The summed E-state index contributed by atoms with van der Waals surface area (Å²) in [6.07, 6.45) is 12.0. The average molecular weight is 1290 g/mol. The van der Waals surface area contributed by atoms with E-state index in [0.29, 0.717) is 78.5 Å². The van der Waals surface area contributed by atoms with Crippen LogP contribution in [0.3, 0.4) is 0 Å². The second-order valence-corrected chi connectivity index (χ2v) is 20.6. The van der Waals surface area contributed by atoms with Crippen LogP contribution in [0.4, 0.5) is 34.5 Å². The molecule has 0 spiro atoms. The molecule has 0 aliphatic rings. The van der Waals surface area contributed by atoms with E-state index in [1.165, 1.54) is 33.4 Å². The maximum Gasteiger partial charge on any atom is 4.00 e. The van der Waals surface area contributed by atoms with Crippen molar-refractivity contribution in [3.63, 3.8) is 0 Å². The number of hydrogen-bond acceptors (Lipinski definition) is 14. The number of aromatic nitrogens is 18. The Hall–Kier alpha value is -9.83. The van der Waals surface area contributed by atoms with Crippen LogP contribution < -0.4 is 0 Å². The summed E-state index contributed by atoms with van der Waals surface area (Å²) in [4.78, 5) is 4.48. The van der Waals surface area contributed by atoms with Crippen molar-refractivity contribution in [1.82, 2.24) is 99.8 Å². The SMILES string of the molecule is F[B-](F)(F)F.F[B-](F)(F)F.[Fe+4].c1ccc(Cn2cc(CN(Cc3cn(Cc4ccccc4)nn3)Cc3cn(Cc4ccccc4)nn3)nn2)cc1.c1ccc(Cn2cc(CN(Cc3cn(Cc4ccccc4)nn3)Cc3cn(Cc4ccccc4)nn3)nn2)cc1. The van der Waals surface area contributed by atoms with Crippen molar-refractivity contribution >= 4 is 14.5 Å². The maximum absolute atomic E-state index is 9.75. The zero-order chi connectivity index (χ0) is 63.0. The summed E-state index contributed by atoms with van der Waals surface area (Å²) in [6, 6.07) is 61.5. The van der Waals surface area contributed by atoms with E-state index in [2.05, 4.69) is 144 Å². The molecule has 0 unspecified atom stereocenters. The second-order valence-electron chi connectivity index (χ2n) is 20.6. The summed E-state index contributed by atoms with van der Waals surface area (Å²) in [6.45, 7) is 7.59. The summed E-state index contributed by atoms with van der Waals surface area (Å²) in [5.41, 5.74) is 12.4.